The Labute approximate surface area is 153 Å². The number of amides is 1. The van der Waals surface area contributed by atoms with Gasteiger partial charge in [-0.1, -0.05) is 6.07 Å². The molecule has 1 saturated heterocycles. The third kappa shape index (κ3) is 4.43. The van der Waals surface area contributed by atoms with Crippen LogP contribution in [0.3, 0.4) is 0 Å². The van der Waals surface area contributed by atoms with Gasteiger partial charge in [0.15, 0.2) is 0 Å². The molecule has 1 aliphatic rings. The third-order valence-corrected chi connectivity index (χ3v) is 4.40. The summed E-state index contributed by atoms with van der Waals surface area (Å²) < 4.78 is 10.5. The Balaban J connectivity index is 1.52. The van der Waals surface area contributed by atoms with Gasteiger partial charge in [0.1, 0.15) is 17.3 Å². The molecule has 0 radical (unpaired) electrons. The van der Waals surface area contributed by atoms with Gasteiger partial charge in [0.05, 0.1) is 26.5 Å². The first kappa shape index (κ1) is 18.0. The van der Waals surface area contributed by atoms with Gasteiger partial charge < -0.3 is 19.7 Å². The fourth-order valence-electron chi connectivity index (χ4n) is 2.97. The minimum Gasteiger partial charge on any atom is -0.497 e. The van der Waals surface area contributed by atoms with Gasteiger partial charge in [0.25, 0.3) is 0 Å². The number of rotatable bonds is 6. The van der Waals surface area contributed by atoms with Crippen molar-refractivity contribution in [3.63, 3.8) is 0 Å². The number of anilines is 2. The summed E-state index contributed by atoms with van der Waals surface area (Å²) >= 11 is 0. The number of nitrogens with one attached hydrogen (secondary N) is 1. The van der Waals surface area contributed by atoms with Crippen LogP contribution in [0.5, 0.6) is 11.5 Å². The zero-order valence-corrected chi connectivity index (χ0v) is 15.1. The normalized spacial score (nSPS) is 14.8. The number of benzene rings is 1. The van der Waals surface area contributed by atoms with E-state index in [9.17, 15) is 4.79 Å². The van der Waals surface area contributed by atoms with Crippen LogP contribution in [0.15, 0.2) is 42.6 Å². The first-order valence-corrected chi connectivity index (χ1v) is 8.60. The van der Waals surface area contributed by atoms with Crippen molar-refractivity contribution in [3.05, 3.63) is 42.6 Å². The largest absolute Gasteiger partial charge is 0.497 e. The van der Waals surface area contributed by atoms with Crippen molar-refractivity contribution in [1.29, 1.82) is 0 Å². The van der Waals surface area contributed by atoms with Crippen molar-refractivity contribution in [2.24, 2.45) is 0 Å². The second-order valence-corrected chi connectivity index (χ2v) is 6.07. The molecule has 1 aliphatic heterocycles. The van der Waals surface area contributed by atoms with Gasteiger partial charge in [-0.25, -0.2) is 4.98 Å². The lowest BCUT2D eigenvalue weighted by atomic mass is 10.2. The summed E-state index contributed by atoms with van der Waals surface area (Å²) in [5.41, 5.74) is 0.644. The molecule has 1 aromatic carbocycles. The number of carbonyl (C=O) groups excluding carboxylic acids is 1. The Kier molecular flexibility index (Phi) is 5.91. The van der Waals surface area contributed by atoms with Crippen LogP contribution >= 0.6 is 0 Å². The van der Waals surface area contributed by atoms with Gasteiger partial charge in [0, 0.05) is 38.4 Å². The monoisotopic (exact) mass is 356 g/mol. The average molecular weight is 356 g/mol. The highest BCUT2D eigenvalue weighted by atomic mass is 16.5. The Morgan fingerprint density at radius 1 is 1.12 bits per heavy atom. The van der Waals surface area contributed by atoms with Crippen molar-refractivity contribution in [2.45, 2.75) is 0 Å². The molecule has 26 heavy (non-hydrogen) atoms. The van der Waals surface area contributed by atoms with E-state index in [-0.39, 0.29) is 5.91 Å². The summed E-state index contributed by atoms with van der Waals surface area (Å²) in [4.78, 5) is 21.2. The molecular formula is C19H24N4O3. The van der Waals surface area contributed by atoms with E-state index < -0.39 is 0 Å². The molecule has 0 bridgehead atoms. The van der Waals surface area contributed by atoms with Crippen LogP contribution in [0.25, 0.3) is 0 Å². The second kappa shape index (κ2) is 8.53. The molecule has 1 amide bonds. The standard InChI is InChI=1S/C19H24N4O3/c1-25-15-6-7-16(17(13-15)26-2)21-19(24)14-22-9-11-23(12-10-22)18-5-3-4-8-20-18/h3-8,13H,9-12,14H2,1-2H3,(H,21,24). The van der Waals surface area contributed by atoms with Crippen LogP contribution < -0.4 is 19.7 Å². The zero-order chi connectivity index (χ0) is 18.4. The topological polar surface area (TPSA) is 66.9 Å². The van der Waals surface area contributed by atoms with E-state index in [1.54, 1.807) is 38.6 Å². The molecule has 0 atom stereocenters. The molecule has 2 aromatic rings. The Morgan fingerprint density at radius 2 is 1.92 bits per heavy atom. The van der Waals surface area contributed by atoms with Crippen molar-refractivity contribution < 1.29 is 14.3 Å². The highest BCUT2D eigenvalue weighted by Gasteiger charge is 2.20. The van der Waals surface area contributed by atoms with Crippen LogP contribution in [0.2, 0.25) is 0 Å². The minimum atomic E-state index is -0.0558. The molecule has 7 nitrogen and oxygen atoms in total. The van der Waals surface area contributed by atoms with E-state index in [0.29, 0.717) is 23.7 Å². The number of hydrogen-bond acceptors (Lipinski definition) is 6. The van der Waals surface area contributed by atoms with Gasteiger partial charge >= 0.3 is 0 Å². The second-order valence-electron chi connectivity index (χ2n) is 6.07. The molecule has 0 aliphatic carbocycles. The molecule has 7 heteroatoms. The quantitative estimate of drug-likeness (QED) is 0.852. The summed E-state index contributed by atoms with van der Waals surface area (Å²) in [6.07, 6.45) is 1.80. The lowest BCUT2D eigenvalue weighted by molar-refractivity contribution is -0.117. The van der Waals surface area contributed by atoms with Crippen molar-refractivity contribution in [1.82, 2.24) is 9.88 Å². The predicted molar refractivity (Wildman–Crippen MR) is 101 cm³/mol. The predicted octanol–water partition coefficient (Wildman–Crippen LogP) is 1.86. The fraction of sp³-hybridized carbons (Fsp3) is 0.368. The summed E-state index contributed by atoms with van der Waals surface area (Å²) in [5.74, 6) is 2.20. The van der Waals surface area contributed by atoms with Gasteiger partial charge in [0.2, 0.25) is 5.91 Å². The third-order valence-electron chi connectivity index (χ3n) is 4.40. The smallest absolute Gasteiger partial charge is 0.238 e. The maximum atomic E-state index is 12.4. The highest BCUT2D eigenvalue weighted by molar-refractivity contribution is 5.93. The summed E-state index contributed by atoms with van der Waals surface area (Å²) in [5, 5.41) is 2.92. The molecule has 138 valence electrons. The van der Waals surface area contributed by atoms with Gasteiger partial charge in [-0.2, -0.15) is 0 Å². The highest BCUT2D eigenvalue weighted by Crippen LogP contribution is 2.29. The van der Waals surface area contributed by atoms with Crippen molar-refractivity contribution >= 4 is 17.4 Å². The van der Waals surface area contributed by atoms with E-state index in [4.69, 9.17) is 9.47 Å². The first-order chi connectivity index (χ1) is 12.7. The molecule has 0 spiro atoms. The molecule has 1 fully saturated rings. The van der Waals surface area contributed by atoms with Crippen LogP contribution in [-0.4, -0.2) is 62.7 Å². The molecule has 0 saturated carbocycles. The van der Waals surface area contributed by atoms with Gasteiger partial charge in [-0.3, -0.25) is 9.69 Å². The van der Waals surface area contributed by atoms with Crippen LogP contribution in [0.1, 0.15) is 0 Å². The fourth-order valence-corrected chi connectivity index (χ4v) is 2.97. The molecule has 0 unspecified atom stereocenters. The number of nitrogens with zero attached hydrogens (tertiary/aromatic N) is 3. The Hall–Kier alpha value is -2.80. The average Bonchev–Trinajstić information content (AvgIpc) is 2.69. The molecular weight excluding hydrogens is 332 g/mol. The minimum absolute atomic E-state index is 0.0558. The SMILES string of the molecule is COc1ccc(NC(=O)CN2CCN(c3ccccn3)CC2)c(OC)c1. The maximum absolute atomic E-state index is 12.4. The van der Waals surface area contributed by atoms with Gasteiger partial charge in [-0.05, 0) is 24.3 Å². The number of carbonyl (C=O) groups is 1. The number of ether oxygens (including phenoxy) is 2. The van der Waals surface area contributed by atoms with Crippen molar-refractivity contribution in [3.8, 4) is 11.5 Å². The number of piperazine rings is 1. The lowest BCUT2D eigenvalue weighted by Gasteiger charge is -2.34. The number of methoxy groups -OCH3 is 2. The molecule has 3 rings (SSSR count). The Bertz CT molecular complexity index is 731. The zero-order valence-electron chi connectivity index (χ0n) is 15.1. The number of aromatic nitrogens is 1. The first-order valence-electron chi connectivity index (χ1n) is 8.60. The van der Waals surface area contributed by atoms with Crippen molar-refractivity contribution in [2.75, 3.05) is 57.2 Å². The number of hydrogen-bond donors (Lipinski definition) is 1. The summed E-state index contributed by atoms with van der Waals surface area (Å²) in [6.45, 7) is 3.71. The Morgan fingerprint density at radius 3 is 2.58 bits per heavy atom. The van der Waals surface area contributed by atoms with Crippen LogP contribution in [-0.2, 0) is 4.79 Å². The molecule has 2 heterocycles. The van der Waals surface area contributed by atoms with Crippen LogP contribution in [0.4, 0.5) is 11.5 Å². The van der Waals surface area contributed by atoms with E-state index in [1.807, 2.05) is 18.2 Å². The summed E-state index contributed by atoms with van der Waals surface area (Å²) in [7, 11) is 3.17. The van der Waals surface area contributed by atoms with Gasteiger partial charge in [-0.15, -0.1) is 0 Å². The van der Waals surface area contributed by atoms with E-state index in [2.05, 4.69) is 20.1 Å². The van der Waals surface area contributed by atoms with Crippen LogP contribution in [0, 0.1) is 0 Å². The summed E-state index contributed by atoms with van der Waals surface area (Å²) in [6, 6.07) is 11.2. The molecule has 1 N–H and O–H groups in total. The number of pyridine rings is 1. The maximum Gasteiger partial charge on any atom is 0.238 e. The van der Waals surface area contributed by atoms with E-state index in [1.165, 1.54) is 0 Å². The van der Waals surface area contributed by atoms with E-state index >= 15 is 0 Å². The lowest BCUT2D eigenvalue weighted by Crippen LogP contribution is -2.48. The molecule has 1 aromatic heterocycles. The van der Waals surface area contributed by atoms with E-state index in [0.717, 1.165) is 32.0 Å².